The van der Waals surface area contributed by atoms with E-state index in [1.165, 1.54) is 148 Å². The molecule has 0 aliphatic heterocycles. The average Bonchev–Trinajstić information content (AvgIpc) is 2.97. The van der Waals surface area contributed by atoms with E-state index >= 15 is 0 Å². The van der Waals surface area contributed by atoms with Gasteiger partial charge in [-0.25, -0.2) is 0 Å². The molecule has 1 atom stereocenters. The quantitative estimate of drug-likeness (QED) is 0.0585. The van der Waals surface area contributed by atoms with Gasteiger partial charge in [-0.15, -0.1) is 0 Å². The molecule has 0 aliphatic carbocycles. The second-order valence-corrected chi connectivity index (χ2v) is 13.1. The van der Waals surface area contributed by atoms with Crippen molar-refractivity contribution >= 4 is 11.9 Å². The Bertz CT molecular complexity index is 561. The first kappa shape index (κ1) is 40.9. The molecule has 0 bridgehead atoms. The van der Waals surface area contributed by atoms with Crippen LogP contribution in [-0.4, -0.2) is 23.1 Å². The van der Waals surface area contributed by atoms with E-state index in [4.69, 9.17) is 9.84 Å². The van der Waals surface area contributed by atoms with Crippen LogP contribution in [0.4, 0.5) is 0 Å². The number of aliphatic carboxylic acids is 1. The number of ether oxygens (including phenoxy) is 1. The molecule has 0 saturated carbocycles. The fourth-order valence-electron chi connectivity index (χ4n) is 6.01. The first-order valence-corrected chi connectivity index (χ1v) is 19.0. The zero-order valence-electron chi connectivity index (χ0n) is 28.6. The highest BCUT2D eigenvalue weighted by atomic mass is 16.5. The molecule has 1 N–H and O–H groups in total. The molecule has 0 fully saturated rings. The van der Waals surface area contributed by atoms with Gasteiger partial charge < -0.3 is 9.84 Å². The minimum absolute atomic E-state index is 0.0297. The molecule has 4 heteroatoms. The van der Waals surface area contributed by atoms with Crippen LogP contribution in [0, 0.1) is 0 Å². The van der Waals surface area contributed by atoms with Gasteiger partial charge >= 0.3 is 11.9 Å². The number of carboxylic acids is 1. The van der Waals surface area contributed by atoms with Gasteiger partial charge in [0.25, 0.3) is 0 Å². The largest absolute Gasteiger partial charge is 0.481 e. The summed E-state index contributed by atoms with van der Waals surface area (Å²) in [5.41, 5.74) is 0. The Kier molecular flexibility index (Phi) is 33.6. The van der Waals surface area contributed by atoms with Gasteiger partial charge in [-0.05, 0) is 38.5 Å². The Balaban J connectivity index is 3.88. The molecule has 42 heavy (non-hydrogen) atoms. The van der Waals surface area contributed by atoms with Gasteiger partial charge in [0.05, 0.1) is 0 Å². The molecule has 0 saturated heterocycles. The maximum Gasteiger partial charge on any atom is 0.306 e. The van der Waals surface area contributed by atoms with Crippen LogP contribution in [0.3, 0.4) is 0 Å². The summed E-state index contributed by atoms with van der Waals surface area (Å²) in [6.45, 7) is 4.54. The van der Waals surface area contributed by atoms with Crippen LogP contribution in [0.5, 0.6) is 0 Å². The van der Waals surface area contributed by atoms with E-state index in [0.29, 0.717) is 12.8 Å². The van der Waals surface area contributed by atoms with Crippen LogP contribution >= 0.6 is 0 Å². The van der Waals surface area contributed by atoms with Crippen molar-refractivity contribution in [2.75, 3.05) is 0 Å². The van der Waals surface area contributed by atoms with E-state index in [1.54, 1.807) is 0 Å². The molecular weight excluding hydrogens is 520 g/mol. The molecule has 250 valence electrons. The van der Waals surface area contributed by atoms with Crippen LogP contribution in [0.25, 0.3) is 0 Å². The minimum atomic E-state index is -0.680. The van der Waals surface area contributed by atoms with Crippen molar-refractivity contribution in [2.45, 2.75) is 232 Å². The summed E-state index contributed by atoms with van der Waals surface area (Å²) in [6.07, 6.45) is 39.9. The van der Waals surface area contributed by atoms with Crippen molar-refractivity contribution < 1.29 is 19.4 Å². The third kappa shape index (κ3) is 33.4. The predicted octanol–water partition coefficient (Wildman–Crippen LogP) is 12.9. The van der Waals surface area contributed by atoms with Gasteiger partial charge in [-0.2, -0.15) is 0 Å². The van der Waals surface area contributed by atoms with Gasteiger partial charge in [0, 0.05) is 12.8 Å². The fourth-order valence-corrected chi connectivity index (χ4v) is 6.01. The van der Waals surface area contributed by atoms with Crippen molar-refractivity contribution in [1.82, 2.24) is 0 Å². The zero-order valence-corrected chi connectivity index (χ0v) is 28.6. The highest BCUT2D eigenvalue weighted by Gasteiger charge is 2.14. The van der Waals surface area contributed by atoms with Gasteiger partial charge in [0.15, 0.2) is 0 Å². The maximum absolute atomic E-state index is 12.6. The van der Waals surface area contributed by atoms with Gasteiger partial charge in [0.1, 0.15) is 6.10 Å². The number of hydrogen-bond donors (Lipinski definition) is 1. The normalized spacial score (nSPS) is 12.0. The molecule has 0 spiro atoms. The van der Waals surface area contributed by atoms with Crippen molar-refractivity contribution in [2.24, 2.45) is 0 Å². The van der Waals surface area contributed by atoms with Crippen molar-refractivity contribution in [3.05, 3.63) is 0 Å². The van der Waals surface area contributed by atoms with Crippen LogP contribution in [0.2, 0.25) is 0 Å². The number of esters is 1. The summed E-state index contributed by atoms with van der Waals surface area (Å²) < 4.78 is 6.00. The lowest BCUT2D eigenvalue weighted by Gasteiger charge is -2.18. The molecule has 0 heterocycles. The average molecular weight is 595 g/mol. The molecular formula is C38H74O4. The SMILES string of the molecule is CCCCCCCCCCCCCCCCCC(=O)OC(CCCCCCCC)CCCCCCCCCCC(=O)O. The number of hydrogen-bond acceptors (Lipinski definition) is 3. The van der Waals surface area contributed by atoms with Crippen LogP contribution < -0.4 is 0 Å². The molecule has 0 aromatic heterocycles. The maximum atomic E-state index is 12.6. The van der Waals surface area contributed by atoms with Crippen LogP contribution in [0.1, 0.15) is 226 Å². The van der Waals surface area contributed by atoms with E-state index in [-0.39, 0.29) is 12.1 Å². The Morgan fingerprint density at radius 2 is 0.714 bits per heavy atom. The lowest BCUT2D eigenvalue weighted by atomic mass is 10.0. The molecule has 0 rings (SSSR count). The Hall–Kier alpha value is -1.06. The Morgan fingerprint density at radius 3 is 1.05 bits per heavy atom. The molecule has 0 aromatic carbocycles. The first-order valence-electron chi connectivity index (χ1n) is 19.0. The number of carbonyl (C=O) groups is 2. The smallest absolute Gasteiger partial charge is 0.306 e. The molecule has 0 amide bonds. The fraction of sp³-hybridized carbons (Fsp3) is 0.947. The monoisotopic (exact) mass is 595 g/mol. The predicted molar refractivity (Wildman–Crippen MR) is 181 cm³/mol. The van der Waals surface area contributed by atoms with Crippen molar-refractivity contribution in [1.29, 1.82) is 0 Å². The van der Waals surface area contributed by atoms with E-state index in [9.17, 15) is 9.59 Å². The van der Waals surface area contributed by atoms with Crippen molar-refractivity contribution in [3.8, 4) is 0 Å². The topological polar surface area (TPSA) is 63.6 Å². The van der Waals surface area contributed by atoms with E-state index in [1.807, 2.05) is 0 Å². The first-order chi connectivity index (χ1) is 20.6. The van der Waals surface area contributed by atoms with Gasteiger partial charge in [-0.1, -0.05) is 174 Å². The number of rotatable bonds is 35. The minimum Gasteiger partial charge on any atom is -0.481 e. The number of carbonyl (C=O) groups excluding carboxylic acids is 1. The summed E-state index contributed by atoms with van der Waals surface area (Å²) in [5.74, 6) is -0.650. The number of unbranched alkanes of at least 4 members (excludes halogenated alkanes) is 26. The van der Waals surface area contributed by atoms with Gasteiger partial charge in [-0.3, -0.25) is 9.59 Å². The molecule has 1 unspecified atom stereocenters. The molecule has 0 aliphatic rings. The van der Waals surface area contributed by atoms with Crippen molar-refractivity contribution in [3.63, 3.8) is 0 Å². The van der Waals surface area contributed by atoms with Crippen LogP contribution in [0.15, 0.2) is 0 Å². The second kappa shape index (κ2) is 34.4. The van der Waals surface area contributed by atoms with E-state index in [0.717, 1.165) is 51.4 Å². The van der Waals surface area contributed by atoms with Gasteiger partial charge in [0.2, 0.25) is 0 Å². The third-order valence-corrected chi connectivity index (χ3v) is 8.83. The second-order valence-electron chi connectivity index (χ2n) is 13.1. The molecule has 0 radical (unpaired) electrons. The summed E-state index contributed by atoms with van der Waals surface area (Å²) >= 11 is 0. The highest BCUT2D eigenvalue weighted by molar-refractivity contribution is 5.69. The van der Waals surface area contributed by atoms with Crippen LogP contribution in [-0.2, 0) is 14.3 Å². The highest BCUT2D eigenvalue weighted by Crippen LogP contribution is 2.19. The zero-order chi connectivity index (χ0) is 30.8. The Morgan fingerprint density at radius 1 is 0.429 bits per heavy atom. The lowest BCUT2D eigenvalue weighted by Crippen LogP contribution is -2.18. The molecule has 4 nitrogen and oxygen atoms in total. The summed E-state index contributed by atoms with van der Waals surface area (Å²) in [5, 5.41) is 8.72. The Labute approximate surface area is 262 Å². The lowest BCUT2D eigenvalue weighted by molar-refractivity contribution is -0.150. The van der Waals surface area contributed by atoms with E-state index in [2.05, 4.69) is 13.8 Å². The van der Waals surface area contributed by atoms with E-state index < -0.39 is 5.97 Å². The standard InChI is InChI=1S/C38H74O4/c1-3-5-7-9-11-12-13-14-15-16-17-18-23-27-31-35-38(41)42-36(32-28-24-10-8-6-4-2)33-29-25-21-19-20-22-26-30-34-37(39)40/h36H,3-35H2,1-2H3,(H,39,40). The summed E-state index contributed by atoms with van der Waals surface area (Å²) in [6, 6.07) is 0. The number of carboxylic acid groups (broad SMARTS) is 1. The molecule has 0 aromatic rings. The summed E-state index contributed by atoms with van der Waals surface area (Å²) in [4.78, 5) is 23.2. The third-order valence-electron chi connectivity index (χ3n) is 8.83. The summed E-state index contributed by atoms with van der Waals surface area (Å²) in [7, 11) is 0.